The van der Waals surface area contributed by atoms with E-state index in [0.29, 0.717) is 29.4 Å². The third kappa shape index (κ3) is 4.43. The average Bonchev–Trinajstić information content (AvgIpc) is 3.20. The van der Waals surface area contributed by atoms with Crippen LogP contribution in [-0.2, 0) is 4.74 Å². The van der Waals surface area contributed by atoms with Gasteiger partial charge in [0.15, 0.2) is 0 Å². The van der Waals surface area contributed by atoms with Crippen LogP contribution in [0.2, 0.25) is 0 Å². The summed E-state index contributed by atoms with van der Waals surface area (Å²) in [6.07, 6.45) is 3.75. The van der Waals surface area contributed by atoms with E-state index in [-0.39, 0.29) is 12.0 Å². The molecule has 1 amide bonds. The van der Waals surface area contributed by atoms with Gasteiger partial charge in [0, 0.05) is 31.0 Å². The minimum Gasteiger partial charge on any atom is -0.497 e. The highest BCUT2D eigenvalue weighted by Crippen LogP contribution is 2.31. The number of hydrogen-bond acceptors (Lipinski definition) is 6. The number of nitrogens with zero attached hydrogens (tertiary/aromatic N) is 1. The molecule has 1 saturated heterocycles. The number of benzene rings is 1. The molecule has 2 aromatic rings. The van der Waals surface area contributed by atoms with Gasteiger partial charge in [-0.1, -0.05) is 0 Å². The van der Waals surface area contributed by atoms with Crippen LogP contribution in [0.4, 0.5) is 11.5 Å². The molecule has 7 heteroatoms. The summed E-state index contributed by atoms with van der Waals surface area (Å²) >= 11 is 0. The summed E-state index contributed by atoms with van der Waals surface area (Å²) in [5, 5.41) is 6.08. The molecule has 7 nitrogen and oxygen atoms in total. The smallest absolute Gasteiger partial charge is 0.251 e. The monoisotopic (exact) mass is 357 g/mol. The second kappa shape index (κ2) is 8.53. The quantitative estimate of drug-likeness (QED) is 0.793. The standard InChI is InChI=1S/C19H23N3O4/c1-24-14-5-6-16(17(11-14)25-2)22-18-10-13(7-8-20-18)19(23)21-12-15-4-3-9-26-15/h5-8,10-11,15H,3-4,9,12H2,1-2H3,(H,20,22)(H,21,23). The van der Waals surface area contributed by atoms with E-state index >= 15 is 0 Å². The molecule has 1 aromatic heterocycles. The number of hydrogen-bond donors (Lipinski definition) is 2. The van der Waals surface area contributed by atoms with Gasteiger partial charge in [-0.25, -0.2) is 4.98 Å². The van der Waals surface area contributed by atoms with Crippen molar-refractivity contribution in [3.8, 4) is 11.5 Å². The molecule has 1 aliphatic rings. The predicted molar refractivity (Wildman–Crippen MR) is 98.4 cm³/mol. The maximum atomic E-state index is 12.3. The lowest BCUT2D eigenvalue weighted by Crippen LogP contribution is -2.31. The van der Waals surface area contributed by atoms with Crippen LogP contribution in [0.3, 0.4) is 0 Å². The Morgan fingerprint density at radius 1 is 1.27 bits per heavy atom. The van der Waals surface area contributed by atoms with Crippen LogP contribution in [0.1, 0.15) is 23.2 Å². The van der Waals surface area contributed by atoms with Crippen molar-refractivity contribution in [3.05, 3.63) is 42.1 Å². The highest BCUT2D eigenvalue weighted by Gasteiger charge is 2.17. The summed E-state index contributed by atoms with van der Waals surface area (Å²) in [5.74, 6) is 1.73. The van der Waals surface area contributed by atoms with Crippen LogP contribution >= 0.6 is 0 Å². The van der Waals surface area contributed by atoms with Crippen molar-refractivity contribution in [2.45, 2.75) is 18.9 Å². The zero-order valence-corrected chi connectivity index (χ0v) is 15.0. The first-order valence-electron chi connectivity index (χ1n) is 8.54. The molecule has 2 heterocycles. The molecule has 26 heavy (non-hydrogen) atoms. The van der Waals surface area contributed by atoms with E-state index in [1.165, 1.54) is 0 Å². The number of ether oxygens (including phenoxy) is 3. The lowest BCUT2D eigenvalue weighted by Gasteiger charge is -2.13. The van der Waals surface area contributed by atoms with E-state index in [4.69, 9.17) is 14.2 Å². The van der Waals surface area contributed by atoms with E-state index in [1.54, 1.807) is 38.6 Å². The third-order valence-electron chi connectivity index (χ3n) is 4.21. The number of anilines is 2. The van der Waals surface area contributed by atoms with E-state index in [0.717, 1.165) is 25.1 Å². The Balaban J connectivity index is 1.68. The largest absolute Gasteiger partial charge is 0.497 e. The molecule has 2 N–H and O–H groups in total. The summed E-state index contributed by atoms with van der Waals surface area (Å²) in [5.41, 5.74) is 1.27. The second-order valence-corrected chi connectivity index (χ2v) is 5.97. The van der Waals surface area contributed by atoms with Crippen LogP contribution in [0.5, 0.6) is 11.5 Å². The van der Waals surface area contributed by atoms with Crippen molar-refractivity contribution >= 4 is 17.4 Å². The van der Waals surface area contributed by atoms with Crippen LogP contribution in [0, 0.1) is 0 Å². The molecule has 1 aromatic carbocycles. The van der Waals surface area contributed by atoms with E-state index < -0.39 is 0 Å². The third-order valence-corrected chi connectivity index (χ3v) is 4.21. The molecule has 1 unspecified atom stereocenters. The fraction of sp³-hybridized carbons (Fsp3) is 0.368. The summed E-state index contributed by atoms with van der Waals surface area (Å²) in [6.45, 7) is 1.30. The molecule has 3 rings (SSSR count). The van der Waals surface area contributed by atoms with Crippen molar-refractivity contribution < 1.29 is 19.0 Å². The number of carbonyl (C=O) groups excluding carboxylic acids is 1. The highest BCUT2D eigenvalue weighted by atomic mass is 16.5. The maximum absolute atomic E-state index is 12.3. The second-order valence-electron chi connectivity index (χ2n) is 5.97. The van der Waals surface area contributed by atoms with E-state index in [1.807, 2.05) is 12.1 Å². The first-order valence-corrected chi connectivity index (χ1v) is 8.54. The maximum Gasteiger partial charge on any atom is 0.251 e. The summed E-state index contributed by atoms with van der Waals surface area (Å²) in [4.78, 5) is 16.6. The van der Waals surface area contributed by atoms with Gasteiger partial charge < -0.3 is 24.8 Å². The molecule has 138 valence electrons. The molecule has 0 saturated carbocycles. The number of carbonyl (C=O) groups is 1. The van der Waals surface area contributed by atoms with Gasteiger partial charge in [0.2, 0.25) is 0 Å². The molecule has 0 radical (unpaired) electrons. The number of amides is 1. The Labute approximate surface area is 152 Å². The Hall–Kier alpha value is -2.80. The number of rotatable bonds is 7. The van der Waals surface area contributed by atoms with E-state index in [2.05, 4.69) is 15.6 Å². The first-order chi connectivity index (χ1) is 12.7. The van der Waals surface area contributed by atoms with Crippen LogP contribution in [0.15, 0.2) is 36.5 Å². The molecule has 0 aliphatic carbocycles. The van der Waals surface area contributed by atoms with Gasteiger partial charge in [-0.15, -0.1) is 0 Å². The zero-order chi connectivity index (χ0) is 18.4. The van der Waals surface area contributed by atoms with Gasteiger partial charge in [0.25, 0.3) is 5.91 Å². The summed E-state index contributed by atoms with van der Waals surface area (Å²) in [6, 6.07) is 8.82. The van der Waals surface area contributed by atoms with Gasteiger partial charge in [0.05, 0.1) is 26.0 Å². The molecular weight excluding hydrogens is 334 g/mol. The Morgan fingerprint density at radius 3 is 2.88 bits per heavy atom. The predicted octanol–water partition coefficient (Wildman–Crippen LogP) is 2.75. The Bertz CT molecular complexity index is 760. The van der Waals surface area contributed by atoms with Crippen LogP contribution in [-0.4, -0.2) is 44.4 Å². The Morgan fingerprint density at radius 2 is 2.15 bits per heavy atom. The molecular formula is C19H23N3O4. The molecule has 0 spiro atoms. The summed E-state index contributed by atoms with van der Waals surface area (Å²) < 4.78 is 16.1. The minimum atomic E-state index is -0.146. The van der Waals surface area contributed by atoms with Crippen LogP contribution < -0.4 is 20.1 Å². The number of aromatic nitrogens is 1. The van der Waals surface area contributed by atoms with Crippen molar-refractivity contribution in [1.82, 2.24) is 10.3 Å². The topological polar surface area (TPSA) is 81.7 Å². The van der Waals surface area contributed by atoms with Gasteiger partial charge in [0.1, 0.15) is 17.3 Å². The fourth-order valence-corrected chi connectivity index (χ4v) is 2.79. The number of pyridine rings is 1. The lowest BCUT2D eigenvalue weighted by molar-refractivity contribution is 0.0857. The first kappa shape index (κ1) is 18.0. The molecule has 0 bridgehead atoms. The van der Waals surface area contributed by atoms with Gasteiger partial charge >= 0.3 is 0 Å². The van der Waals surface area contributed by atoms with Crippen LogP contribution in [0.25, 0.3) is 0 Å². The minimum absolute atomic E-state index is 0.113. The fourth-order valence-electron chi connectivity index (χ4n) is 2.79. The Kier molecular flexibility index (Phi) is 5.91. The van der Waals surface area contributed by atoms with Crippen molar-refractivity contribution in [2.75, 3.05) is 32.7 Å². The highest BCUT2D eigenvalue weighted by molar-refractivity contribution is 5.95. The lowest BCUT2D eigenvalue weighted by atomic mass is 10.2. The number of methoxy groups -OCH3 is 2. The van der Waals surface area contributed by atoms with Gasteiger partial charge in [-0.05, 0) is 37.1 Å². The van der Waals surface area contributed by atoms with Gasteiger partial charge in [-0.3, -0.25) is 4.79 Å². The average molecular weight is 357 g/mol. The van der Waals surface area contributed by atoms with Gasteiger partial charge in [-0.2, -0.15) is 0 Å². The molecule has 1 fully saturated rings. The molecule has 1 atom stereocenters. The summed E-state index contributed by atoms with van der Waals surface area (Å²) in [7, 11) is 3.18. The SMILES string of the molecule is COc1ccc(Nc2cc(C(=O)NCC3CCCO3)ccn2)c(OC)c1. The van der Waals surface area contributed by atoms with Crippen molar-refractivity contribution in [3.63, 3.8) is 0 Å². The number of nitrogens with one attached hydrogen (secondary N) is 2. The van der Waals surface area contributed by atoms with Crippen molar-refractivity contribution in [2.24, 2.45) is 0 Å². The zero-order valence-electron chi connectivity index (χ0n) is 15.0. The molecule has 1 aliphatic heterocycles. The van der Waals surface area contributed by atoms with Crippen molar-refractivity contribution in [1.29, 1.82) is 0 Å². The normalized spacial score (nSPS) is 16.2. The van der Waals surface area contributed by atoms with E-state index in [9.17, 15) is 4.79 Å².